The Morgan fingerprint density at radius 3 is 2.86 bits per heavy atom. The van der Waals surface area contributed by atoms with Gasteiger partial charge in [0.15, 0.2) is 28.8 Å². The summed E-state index contributed by atoms with van der Waals surface area (Å²) in [6.45, 7) is 0. The number of anilines is 1. The Labute approximate surface area is 169 Å². The van der Waals surface area contributed by atoms with Gasteiger partial charge in [0.05, 0.1) is 23.9 Å². The van der Waals surface area contributed by atoms with E-state index in [0.29, 0.717) is 22.8 Å². The summed E-state index contributed by atoms with van der Waals surface area (Å²) in [5.41, 5.74) is 4.04. The van der Waals surface area contributed by atoms with Gasteiger partial charge in [-0.05, 0) is 48.0 Å². The number of benzene rings is 2. The summed E-state index contributed by atoms with van der Waals surface area (Å²) in [5.74, 6) is 0.416. The van der Waals surface area contributed by atoms with Crippen LogP contribution in [-0.2, 0) is 0 Å². The Balaban J connectivity index is 1.63. The van der Waals surface area contributed by atoms with Crippen LogP contribution in [-0.4, -0.2) is 38.2 Å². The van der Waals surface area contributed by atoms with Gasteiger partial charge in [-0.1, -0.05) is 17.7 Å². The molecule has 2 aromatic heterocycles. The molecule has 29 heavy (non-hydrogen) atoms. The van der Waals surface area contributed by atoms with Gasteiger partial charge in [0.25, 0.3) is 0 Å². The maximum atomic E-state index is 14.3. The zero-order chi connectivity index (χ0) is 20.4. The molecule has 4 aromatic rings. The summed E-state index contributed by atoms with van der Waals surface area (Å²) >= 11 is 6.13. The summed E-state index contributed by atoms with van der Waals surface area (Å²) in [7, 11) is 1.46. The van der Waals surface area contributed by atoms with Gasteiger partial charge in [0, 0.05) is 0 Å². The van der Waals surface area contributed by atoms with E-state index in [1.807, 2.05) is 0 Å². The van der Waals surface area contributed by atoms with Gasteiger partial charge in [-0.25, -0.2) is 4.39 Å². The van der Waals surface area contributed by atoms with Crippen LogP contribution in [0.5, 0.6) is 11.5 Å². The minimum absolute atomic E-state index is 0.0386. The van der Waals surface area contributed by atoms with Crippen LogP contribution in [0.3, 0.4) is 0 Å². The number of nitrogens with one attached hydrogen (secondary N) is 1. The smallest absolute Gasteiger partial charge is 0.189 e. The molecule has 2 N–H and O–H groups in total. The summed E-state index contributed by atoms with van der Waals surface area (Å²) in [6, 6.07) is 12.5. The first-order chi connectivity index (χ1) is 14.1. The van der Waals surface area contributed by atoms with Crippen molar-refractivity contribution in [1.82, 2.24) is 19.8 Å². The fourth-order valence-electron chi connectivity index (χ4n) is 2.66. The number of hydrazone groups is 1. The molecule has 0 aliphatic carbocycles. The van der Waals surface area contributed by atoms with Crippen molar-refractivity contribution in [3.8, 4) is 22.9 Å². The lowest BCUT2D eigenvalue weighted by molar-refractivity contribution is 0.373. The number of aromatic nitrogens is 4. The molecule has 0 aliphatic heterocycles. The number of hydrogen-bond acceptors (Lipinski definition) is 7. The molecule has 0 aliphatic rings. The highest BCUT2D eigenvalue weighted by Gasteiger charge is 2.17. The molecule has 0 saturated carbocycles. The third-order valence-corrected chi connectivity index (χ3v) is 4.36. The molecule has 0 unspecified atom stereocenters. The van der Waals surface area contributed by atoms with Crippen molar-refractivity contribution in [2.75, 3.05) is 12.5 Å². The first-order valence-electron chi connectivity index (χ1n) is 8.40. The van der Waals surface area contributed by atoms with E-state index >= 15 is 0 Å². The average molecular weight is 413 g/mol. The van der Waals surface area contributed by atoms with Crippen molar-refractivity contribution in [3.63, 3.8) is 0 Å². The molecule has 0 saturated heterocycles. The van der Waals surface area contributed by atoms with Gasteiger partial charge in [0.1, 0.15) is 5.82 Å². The summed E-state index contributed by atoms with van der Waals surface area (Å²) < 4.78 is 20.7. The number of methoxy groups -OCH3 is 1. The van der Waals surface area contributed by atoms with Gasteiger partial charge < -0.3 is 9.84 Å². The van der Waals surface area contributed by atoms with E-state index < -0.39 is 5.82 Å². The van der Waals surface area contributed by atoms with Crippen LogP contribution in [0.4, 0.5) is 10.2 Å². The second kappa shape index (κ2) is 7.72. The molecule has 0 amide bonds. The van der Waals surface area contributed by atoms with Crippen molar-refractivity contribution in [3.05, 3.63) is 64.9 Å². The van der Waals surface area contributed by atoms with Crippen LogP contribution in [0.1, 0.15) is 5.56 Å². The number of ether oxygens (including phenoxy) is 1. The van der Waals surface area contributed by atoms with E-state index in [4.69, 9.17) is 16.3 Å². The van der Waals surface area contributed by atoms with Gasteiger partial charge in [0.2, 0.25) is 0 Å². The number of phenols is 1. The predicted octanol–water partition coefficient (Wildman–Crippen LogP) is 3.74. The Kier molecular flexibility index (Phi) is 4.96. The first-order valence-corrected chi connectivity index (χ1v) is 8.77. The fourth-order valence-corrected chi connectivity index (χ4v) is 2.91. The van der Waals surface area contributed by atoms with E-state index in [9.17, 15) is 9.50 Å². The lowest BCUT2D eigenvalue weighted by Crippen LogP contribution is -2.01. The SMILES string of the molecule is COc1cc(/C=N\Nc2ccc3nnc(-c4c(F)cccc4Cl)n3n2)ccc1O. The van der Waals surface area contributed by atoms with Crippen molar-refractivity contribution in [2.45, 2.75) is 0 Å². The molecule has 0 spiro atoms. The molecule has 0 fully saturated rings. The highest BCUT2D eigenvalue weighted by molar-refractivity contribution is 6.33. The molecule has 146 valence electrons. The number of rotatable bonds is 5. The third kappa shape index (κ3) is 3.67. The molecule has 4 rings (SSSR count). The van der Waals surface area contributed by atoms with Gasteiger partial charge in [-0.15, -0.1) is 15.3 Å². The van der Waals surface area contributed by atoms with Gasteiger partial charge in [-0.2, -0.15) is 9.62 Å². The highest BCUT2D eigenvalue weighted by atomic mass is 35.5. The molecular weight excluding hydrogens is 399 g/mol. The van der Waals surface area contributed by atoms with Crippen molar-refractivity contribution >= 4 is 29.3 Å². The highest BCUT2D eigenvalue weighted by Crippen LogP contribution is 2.29. The lowest BCUT2D eigenvalue weighted by Gasteiger charge is -2.05. The Hall–Kier alpha value is -3.72. The van der Waals surface area contributed by atoms with E-state index in [1.165, 1.54) is 36.0 Å². The minimum Gasteiger partial charge on any atom is -0.504 e. The molecule has 2 aromatic carbocycles. The standard InChI is InChI=1S/C19H14ClFN6O2/c1-29-15-9-11(5-6-14(15)28)10-22-23-16-7-8-17-24-25-19(27(17)26-16)18-12(20)3-2-4-13(18)21/h2-10,28H,1H3,(H,23,26)/b22-10-. The van der Waals surface area contributed by atoms with E-state index in [0.717, 1.165) is 0 Å². The molecule has 0 bridgehead atoms. The lowest BCUT2D eigenvalue weighted by atomic mass is 10.2. The summed E-state index contributed by atoms with van der Waals surface area (Å²) in [6.07, 6.45) is 1.54. The van der Waals surface area contributed by atoms with E-state index in [1.54, 1.807) is 30.3 Å². The van der Waals surface area contributed by atoms with Crippen molar-refractivity contribution < 1.29 is 14.2 Å². The van der Waals surface area contributed by atoms with Crippen LogP contribution in [0.15, 0.2) is 53.6 Å². The molecule has 2 heterocycles. The summed E-state index contributed by atoms with van der Waals surface area (Å²) in [4.78, 5) is 0. The Morgan fingerprint density at radius 1 is 1.21 bits per heavy atom. The van der Waals surface area contributed by atoms with E-state index in [-0.39, 0.29) is 22.2 Å². The largest absolute Gasteiger partial charge is 0.504 e. The van der Waals surface area contributed by atoms with Gasteiger partial charge in [-0.3, -0.25) is 5.43 Å². The van der Waals surface area contributed by atoms with Gasteiger partial charge >= 0.3 is 0 Å². The monoisotopic (exact) mass is 412 g/mol. The quantitative estimate of drug-likeness (QED) is 0.383. The second-order valence-corrected chi connectivity index (χ2v) is 6.32. The fraction of sp³-hybridized carbons (Fsp3) is 0.0526. The number of phenolic OH excluding ortho intramolecular Hbond substituents is 1. The van der Waals surface area contributed by atoms with Crippen LogP contribution in [0, 0.1) is 5.82 Å². The second-order valence-electron chi connectivity index (χ2n) is 5.91. The Bertz CT molecular complexity index is 1210. The van der Waals surface area contributed by atoms with Crippen LogP contribution < -0.4 is 10.2 Å². The minimum atomic E-state index is -0.522. The molecule has 0 radical (unpaired) electrons. The predicted molar refractivity (Wildman–Crippen MR) is 107 cm³/mol. The third-order valence-electron chi connectivity index (χ3n) is 4.05. The summed E-state index contributed by atoms with van der Waals surface area (Å²) in [5, 5.41) is 26.3. The number of fused-ring (bicyclic) bond motifs is 1. The maximum Gasteiger partial charge on any atom is 0.189 e. The number of hydrogen-bond donors (Lipinski definition) is 2. The molecule has 10 heteroatoms. The average Bonchev–Trinajstić information content (AvgIpc) is 3.12. The molecule has 0 atom stereocenters. The van der Waals surface area contributed by atoms with E-state index in [2.05, 4.69) is 25.8 Å². The number of halogens is 2. The van der Waals surface area contributed by atoms with Crippen molar-refractivity contribution in [2.24, 2.45) is 5.10 Å². The zero-order valence-electron chi connectivity index (χ0n) is 15.0. The molecular formula is C19H14ClFN6O2. The normalized spacial score (nSPS) is 11.3. The molecule has 8 nitrogen and oxygen atoms in total. The first kappa shape index (κ1) is 18.6. The van der Waals surface area contributed by atoms with Crippen LogP contribution in [0.25, 0.3) is 17.0 Å². The van der Waals surface area contributed by atoms with Crippen LogP contribution >= 0.6 is 11.6 Å². The van der Waals surface area contributed by atoms with Crippen LogP contribution in [0.2, 0.25) is 5.02 Å². The number of nitrogens with zero attached hydrogens (tertiary/aromatic N) is 5. The number of aromatic hydroxyl groups is 1. The maximum absolute atomic E-state index is 14.3. The topological polar surface area (TPSA) is 96.9 Å². The zero-order valence-corrected chi connectivity index (χ0v) is 15.8. The van der Waals surface area contributed by atoms with Crippen molar-refractivity contribution in [1.29, 1.82) is 0 Å². The Morgan fingerprint density at radius 2 is 2.07 bits per heavy atom.